The largest absolute Gasteiger partial charge is 0.394 e. The van der Waals surface area contributed by atoms with Gasteiger partial charge in [-0.15, -0.1) is 0 Å². The molecule has 0 saturated carbocycles. The summed E-state index contributed by atoms with van der Waals surface area (Å²) in [6, 6.07) is 0. The second kappa shape index (κ2) is 12.9. The fraction of sp³-hybridized carbons (Fsp3) is 1.00. The van der Waals surface area contributed by atoms with E-state index in [0.717, 1.165) is 0 Å². The molecular formula is C16H30O11. The van der Waals surface area contributed by atoms with Gasteiger partial charge in [-0.3, -0.25) is 9.47 Å². The van der Waals surface area contributed by atoms with Gasteiger partial charge in [0.15, 0.2) is 0 Å². The third-order valence-corrected chi connectivity index (χ3v) is 3.46. The van der Waals surface area contributed by atoms with Crippen LogP contribution in [-0.4, -0.2) is 115 Å². The summed E-state index contributed by atoms with van der Waals surface area (Å²) in [6.07, 6.45) is 0. The highest BCUT2D eigenvalue weighted by molar-refractivity contribution is 5.02. The number of aliphatic hydroxyl groups is 2. The van der Waals surface area contributed by atoms with Crippen molar-refractivity contribution in [1.29, 1.82) is 0 Å². The highest BCUT2D eigenvalue weighted by Gasteiger charge is 2.95. The van der Waals surface area contributed by atoms with Crippen molar-refractivity contribution in [2.75, 3.05) is 92.5 Å². The molecular weight excluding hydrogens is 368 g/mol. The van der Waals surface area contributed by atoms with Crippen molar-refractivity contribution in [1.82, 2.24) is 0 Å². The fourth-order valence-electron chi connectivity index (χ4n) is 1.97. The van der Waals surface area contributed by atoms with Gasteiger partial charge in [0.1, 0.15) is 0 Å². The Morgan fingerprint density at radius 2 is 0.815 bits per heavy atom. The quantitative estimate of drug-likeness (QED) is 0.172. The van der Waals surface area contributed by atoms with E-state index >= 15 is 0 Å². The van der Waals surface area contributed by atoms with Gasteiger partial charge in [0.05, 0.1) is 92.5 Å². The Bertz CT molecular complexity index is 375. The van der Waals surface area contributed by atoms with Crippen LogP contribution in [0.4, 0.5) is 0 Å². The molecule has 160 valence electrons. The molecule has 2 aliphatic rings. The molecule has 2 saturated heterocycles. The van der Waals surface area contributed by atoms with Crippen molar-refractivity contribution in [2.45, 2.75) is 11.9 Å². The predicted molar refractivity (Wildman–Crippen MR) is 87.8 cm³/mol. The molecule has 2 rings (SSSR count). The van der Waals surface area contributed by atoms with Crippen LogP contribution in [-0.2, 0) is 42.6 Å². The van der Waals surface area contributed by atoms with Crippen LogP contribution in [0.1, 0.15) is 0 Å². The zero-order chi connectivity index (χ0) is 19.3. The van der Waals surface area contributed by atoms with Crippen LogP contribution in [0.25, 0.3) is 0 Å². The number of aliphatic hydroxyl groups excluding tert-OH is 1. The molecule has 0 unspecified atom stereocenters. The normalized spacial score (nSPS) is 25.6. The van der Waals surface area contributed by atoms with E-state index in [1.807, 2.05) is 0 Å². The molecule has 2 N–H and O–H groups in total. The van der Waals surface area contributed by atoms with Gasteiger partial charge in [-0.25, -0.2) is 0 Å². The second-order valence-corrected chi connectivity index (χ2v) is 5.59. The van der Waals surface area contributed by atoms with E-state index in [1.165, 1.54) is 0 Å². The van der Waals surface area contributed by atoms with Crippen LogP contribution in [0.3, 0.4) is 0 Å². The minimum Gasteiger partial charge on any atom is -0.394 e. The van der Waals surface area contributed by atoms with Gasteiger partial charge >= 0.3 is 11.9 Å². The first-order valence-corrected chi connectivity index (χ1v) is 9.06. The first-order chi connectivity index (χ1) is 13.2. The maximum Gasteiger partial charge on any atom is 0.379 e. The Kier molecular flexibility index (Phi) is 10.9. The van der Waals surface area contributed by atoms with Gasteiger partial charge in [0.2, 0.25) is 0 Å². The molecule has 27 heavy (non-hydrogen) atoms. The minimum atomic E-state index is -1.49. The van der Waals surface area contributed by atoms with Crippen LogP contribution in [0.15, 0.2) is 0 Å². The van der Waals surface area contributed by atoms with Crippen molar-refractivity contribution < 1.29 is 52.8 Å². The Morgan fingerprint density at radius 1 is 0.519 bits per heavy atom. The third-order valence-electron chi connectivity index (χ3n) is 3.46. The van der Waals surface area contributed by atoms with Gasteiger partial charge in [-0.05, 0) is 0 Å². The average Bonchev–Trinajstić information content (AvgIpc) is 3.44. The van der Waals surface area contributed by atoms with Gasteiger partial charge in [-0.1, -0.05) is 0 Å². The second-order valence-electron chi connectivity index (χ2n) is 5.59. The molecule has 2 heterocycles. The zero-order valence-corrected chi connectivity index (χ0v) is 15.5. The summed E-state index contributed by atoms with van der Waals surface area (Å²) < 4.78 is 46.2. The highest BCUT2D eigenvalue weighted by Crippen LogP contribution is 2.65. The van der Waals surface area contributed by atoms with Crippen LogP contribution >= 0.6 is 0 Å². The SMILES string of the molecule is OCCOCCOCCOCCOCCOCCOCCOC12OC1(O)O2. The number of hydrogen-bond acceptors (Lipinski definition) is 11. The molecule has 0 aromatic heterocycles. The van der Waals surface area contributed by atoms with Gasteiger partial charge in [0, 0.05) is 0 Å². The van der Waals surface area contributed by atoms with Gasteiger partial charge in [0.25, 0.3) is 0 Å². The highest BCUT2D eigenvalue weighted by atomic mass is 17.2. The van der Waals surface area contributed by atoms with E-state index < -0.39 is 11.9 Å². The first-order valence-electron chi connectivity index (χ1n) is 9.06. The summed E-state index contributed by atoms with van der Waals surface area (Å²) in [6.45, 7) is 5.81. The van der Waals surface area contributed by atoms with Crippen molar-refractivity contribution >= 4 is 0 Å². The summed E-state index contributed by atoms with van der Waals surface area (Å²) >= 11 is 0. The average molecular weight is 398 g/mol. The molecule has 0 aromatic carbocycles. The standard InChI is InChI=1S/C16H30O11/c17-1-2-19-3-4-20-5-6-21-7-8-22-9-10-23-11-12-24-13-14-25-16-15(18,26-16)27-16/h17-18H,1-14H2. The van der Waals surface area contributed by atoms with Crippen molar-refractivity contribution in [2.24, 2.45) is 0 Å². The van der Waals surface area contributed by atoms with Crippen molar-refractivity contribution in [3.63, 3.8) is 0 Å². The van der Waals surface area contributed by atoms with Gasteiger partial charge < -0.3 is 43.4 Å². The van der Waals surface area contributed by atoms with Crippen LogP contribution in [0, 0.1) is 0 Å². The maximum absolute atomic E-state index is 9.15. The van der Waals surface area contributed by atoms with E-state index in [-0.39, 0.29) is 13.2 Å². The number of rotatable bonds is 21. The summed E-state index contributed by atoms with van der Waals surface area (Å²) in [7, 11) is 0. The maximum atomic E-state index is 9.15. The molecule has 0 atom stereocenters. The van der Waals surface area contributed by atoms with E-state index in [0.29, 0.717) is 79.3 Å². The van der Waals surface area contributed by atoms with Gasteiger partial charge in [-0.2, -0.15) is 0 Å². The van der Waals surface area contributed by atoms with Crippen molar-refractivity contribution in [3.05, 3.63) is 0 Å². The van der Waals surface area contributed by atoms with E-state index in [1.54, 1.807) is 0 Å². The lowest BCUT2D eigenvalue weighted by Crippen LogP contribution is -2.15. The lowest BCUT2D eigenvalue weighted by molar-refractivity contribution is -0.253. The first kappa shape index (κ1) is 22.8. The Hall–Kier alpha value is -0.440. The van der Waals surface area contributed by atoms with Crippen molar-refractivity contribution in [3.8, 4) is 0 Å². The van der Waals surface area contributed by atoms with Crippen LogP contribution in [0.2, 0.25) is 0 Å². The molecule has 11 nitrogen and oxygen atoms in total. The molecule has 2 aliphatic heterocycles. The monoisotopic (exact) mass is 398 g/mol. The fourth-order valence-corrected chi connectivity index (χ4v) is 1.97. The predicted octanol–water partition coefficient (Wildman–Crippen LogP) is -1.54. The molecule has 0 aliphatic carbocycles. The molecule has 0 bridgehead atoms. The minimum absolute atomic E-state index is 0.0247. The topological polar surface area (TPSA) is 130 Å². The molecule has 11 heteroatoms. The summed E-state index contributed by atoms with van der Waals surface area (Å²) in [4.78, 5) is 0. The molecule has 0 aromatic rings. The molecule has 2 fully saturated rings. The van der Waals surface area contributed by atoms with E-state index in [9.17, 15) is 0 Å². The number of epoxide rings is 2. The third kappa shape index (κ3) is 9.07. The smallest absolute Gasteiger partial charge is 0.379 e. The lowest BCUT2D eigenvalue weighted by Gasteiger charge is -2.08. The summed E-state index contributed by atoms with van der Waals surface area (Å²) in [5.41, 5.74) is 0. The number of hydrogen-bond donors (Lipinski definition) is 2. The Labute approximate surface area is 158 Å². The number of ether oxygens (including phenoxy) is 9. The summed E-state index contributed by atoms with van der Waals surface area (Å²) in [5.74, 6) is -2.71. The molecule has 0 amide bonds. The molecule has 0 radical (unpaired) electrons. The lowest BCUT2D eigenvalue weighted by atomic mass is 10.6. The summed E-state index contributed by atoms with van der Waals surface area (Å²) in [5, 5.41) is 17.7. The Morgan fingerprint density at radius 3 is 1.11 bits per heavy atom. The molecule has 0 spiro atoms. The van der Waals surface area contributed by atoms with Crippen LogP contribution < -0.4 is 0 Å². The number of fused-ring (bicyclic) bond motifs is 1. The zero-order valence-electron chi connectivity index (χ0n) is 15.5. The van der Waals surface area contributed by atoms with E-state index in [2.05, 4.69) is 0 Å². The van der Waals surface area contributed by atoms with E-state index in [4.69, 9.17) is 52.8 Å². The van der Waals surface area contributed by atoms with Crippen LogP contribution in [0.5, 0.6) is 0 Å². The Balaban J connectivity index is 1.16.